The number of hydrogen-bond donors (Lipinski definition) is 2. The number of benzene rings is 1. The van der Waals surface area contributed by atoms with Crippen molar-refractivity contribution in [1.29, 1.82) is 0 Å². The highest BCUT2D eigenvalue weighted by molar-refractivity contribution is 14.1. The van der Waals surface area contributed by atoms with E-state index in [1.54, 1.807) is 0 Å². The summed E-state index contributed by atoms with van der Waals surface area (Å²) in [7, 11) is 0. The minimum atomic E-state index is -0.232. The van der Waals surface area contributed by atoms with E-state index in [0.29, 0.717) is 6.54 Å². The molecule has 0 radical (unpaired) electrons. The van der Waals surface area contributed by atoms with Crippen molar-refractivity contribution >= 4 is 34.3 Å². The molecule has 2 rings (SSSR count). The predicted molar refractivity (Wildman–Crippen MR) is 84.0 cm³/mol. The molecule has 2 aromatic rings. The molecule has 0 saturated carbocycles. The predicted octanol–water partition coefficient (Wildman–Crippen LogP) is 3.32. The van der Waals surface area contributed by atoms with Crippen LogP contribution in [0.1, 0.15) is 11.4 Å². The van der Waals surface area contributed by atoms with Gasteiger partial charge < -0.3 is 10.6 Å². The molecule has 2 N–H and O–H groups in total. The number of aromatic nitrogens is 1. The van der Waals surface area contributed by atoms with E-state index in [1.807, 2.05) is 49.4 Å². The molecule has 0 spiro atoms. The summed E-state index contributed by atoms with van der Waals surface area (Å²) in [6.45, 7) is 2.34. The molecule has 0 aliphatic rings. The van der Waals surface area contributed by atoms with Crippen LogP contribution in [-0.2, 0) is 6.54 Å². The number of urea groups is 1. The summed E-state index contributed by atoms with van der Waals surface area (Å²) < 4.78 is 1.13. The quantitative estimate of drug-likeness (QED) is 0.818. The second-order valence-corrected chi connectivity index (χ2v) is 5.33. The third-order valence-electron chi connectivity index (χ3n) is 2.48. The highest BCUT2D eigenvalue weighted by Crippen LogP contribution is 2.10. The summed E-state index contributed by atoms with van der Waals surface area (Å²) >= 11 is 2.22. The van der Waals surface area contributed by atoms with Gasteiger partial charge in [-0.3, -0.25) is 4.98 Å². The van der Waals surface area contributed by atoms with Crippen molar-refractivity contribution in [3.63, 3.8) is 0 Å². The van der Waals surface area contributed by atoms with Gasteiger partial charge in [0.1, 0.15) is 0 Å². The number of carbonyl (C=O) groups is 1. The molecule has 1 aromatic carbocycles. The van der Waals surface area contributed by atoms with Crippen LogP contribution in [-0.4, -0.2) is 11.0 Å². The molecule has 0 fully saturated rings. The van der Waals surface area contributed by atoms with Crippen LogP contribution in [0.4, 0.5) is 10.5 Å². The Morgan fingerprint density at radius 3 is 2.63 bits per heavy atom. The lowest BCUT2D eigenvalue weighted by atomic mass is 10.3. The largest absolute Gasteiger partial charge is 0.332 e. The summed E-state index contributed by atoms with van der Waals surface area (Å²) in [5, 5.41) is 5.55. The van der Waals surface area contributed by atoms with Gasteiger partial charge in [0, 0.05) is 15.0 Å². The van der Waals surface area contributed by atoms with Gasteiger partial charge in [-0.15, -0.1) is 0 Å². The zero-order valence-electron chi connectivity index (χ0n) is 10.5. The molecule has 0 aliphatic carbocycles. The summed E-state index contributed by atoms with van der Waals surface area (Å²) in [4.78, 5) is 16.0. The third kappa shape index (κ3) is 4.51. The van der Waals surface area contributed by atoms with Gasteiger partial charge in [0.25, 0.3) is 0 Å². The third-order valence-corrected chi connectivity index (χ3v) is 3.20. The van der Waals surface area contributed by atoms with Crippen LogP contribution in [0.2, 0.25) is 0 Å². The van der Waals surface area contributed by atoms with Gasteiger partial charge >= 0.3 is 6.03 Å². The highest BCUT2D eigenvalue weighted by Gasteiger charge is 2.02. The number of halogens is 1. The van der Waals surface area contributed by atoms with Gasteiger partial charge in [0.2, 0.25) is 0 Å². The van der Waals surface area contributed by atoms with E-state index in [-0.39, 0.29) is 6.03 Å². The Kier molecular flexibility index (Phi) is 4.73. The van der Waals surface area contributed by atoms with E-state index in [9.17, 15) is 4.79 Å². The molecule has 98 valence electrons. The Bertz CT molecular complexity index is 569. The Hall–Kier alpha value is -1.63. The molecule has 0 aliphatic heterocycles. The molecule has 1 aromatic heterocycles. The van der Waals surface area contributed by atoms with E-state index in [0.717, 1.165) is 20.6 Å². The van der Waals surface area contributed by atoms with Gasteiger partial charge in [-0.05, 0) is 65.9 Å². The lowest BCUT2D eigenvalue weighted by molar-refractivity contribution is 0.251. The molecule has 4 nitrogen and oxygen atoms in total. The maximum Gasteiger partial charge on any atom is 0.319 e. The van der Waals surface area contributed by atoms with Crippen molar-refractivity contribution in [1.82, 2.24) is 10.3 Å². The highest BCUT2D eigenvalue weighted by atomic mass is 127. The van der Waals surface area contributed by atoms with Crippen molar-refractivity contribution in [3.05, 3.63) is 57.4 Å². The van der Waals surface area contributed by atoms with Crippen molar-refractivity contribution in [2.45, 2.75) is 13.5 Å². The molecule has 19 heavy (non-hydrogen) atoms. The molecular weight excluding hydrogens is 353 g/mol. The summed E-state index contributed by atoms with van der Waals surface area (Å²) in [5.41, 5.74) is 2.56. The number of hydrogen-bond acceptors (Lipinski definition) is 2. The zero-order valence-corrected chi connectivity index (χ0v) is 12.6. The number of pyridine rings is 1. The van der Waals surface area contributed by atoms with Crippen molar-refractivity contribution in [2.75, 3.05) is 5.32 Å². The van der Waals surface area contributed by atoms with Crippen molar-refractivity contribution < 1.29 is 4.79 Å². The van der Waals surface area contributed by atoms with Crippen LogP contribution in [0.3, 0.4) is 0 Å². The number of aryl methyl sites for hydroxylation is 1. The SMILES string of the molecule is Cc1cccc(CNC(=O)Nc2ccc(I)cc2)n1. The topological polar surface area (TPSA) is 54.0 Å². The fraction of sp³-hybridized carbons (Fsp3) is 0.143. The average Bonchev–Trinajstić information content (AvgIpc) is 2.39. The Balaban J connectivity index is 1.86. The molecule has 1 heterocycles. The summed E-state index contributed by atoms with van der Waals surface area (Å²) in [6.07, 6.45) is 0. The monoisotopic (exact) mass is 367 g/mol. The van der Waals surface area contributed by atoms with E-state index < -0.39 is 0 Å². The first-order chi connectivity index (χ1) is 9.13. The smallest absolute Gasteiger partial charge is 0.319 e. The number of amides is 2. The Morgan fingerprint density at radius 2 is 1.95 bits per heavy atom. The van der Waals surface area contributed by atoms with Gasteiger partial charge in [-0.2, -0.15) is 0 Å². The first kappa shape index (κ1) is 13.8. The first-order valence-electron chi connectivity index (χ1n) is 5.86. The van der Waals surface area contributed by atoms with Crippen LogP contribution < -0.4 is 10.6 Å². The lowest BCUT2D eigenvalue weighted by Gasteiger charge is -2.07. The zero-order chi connectivity index (χ0) is 13.7. The van der Waals surface area contributed by atoms with Crippen LogP contribution in [0, 0.1) is 10.5 Å². The average molecular weight is 367 g/mol. The van der Waals surface area contributed by atoms with E-state index in [4.69, 9.17) is 0 Å². The van der Waals surface area contributed by atoms with Crippen LogP contribution >= 0.6 is 22.6 Å². The van der Waals surface area contributed by atoms with Gasteiger partial charge in [-0.25, -0.2) is 4.79 Å². The first-order valence-corrected chi connectivity index (χ1v) is 6.94. The molecular formula is C14H14IN3O. The molecule has 0 bridgehead atoms. The number of rotatable bonds is 3. The summed E-state index contributed by atoms with van der Waals surface area (Å²) in [6, 6.07) is 13.1. The van der Waals surface area contributed by atoms with Gasteiger partial charge in [0.05, 0.1) is 12.2 Å². The van der Waals surface area contributed by atoms with Crippen LogP contribution in [0.15, 0.2) is 42.5 Å². The Labute approximate surface area is 125 Å². The van der Waals surface area contributed by atoms with Gasteiger partial charge in [0.15, 0.2) is 0 Å². The molecule has 0 saturated heterocycles. The molecule has 0 unspecified atom stereocenters. The minimum absolute atomic E-state index is 0.232. The summed E-state index contributed by atoms with van der Waals surface area (Å²) in [5.74, 6) is 0. The van der Waals surface area contributed by atoms with E-state index in [2.05, 4.69) is 38.2 Å². The fourth-order valence-electron chi connectivity index (χ4n) is 1.58. The fourth-order valence-corrected chi connectivity index (χ4v) is 1.94. The van der Waals surface area contributed by atoms with Crippen LogP contribution in [0.5, 0.6) is 0 Å². The number of carbonyl (C=O) groups excluding carboxylic acids is 1. The Morgan fingerprint density at radius 1 is 1.21 bits per heavy atom. The number of nitrogens with zero attached hydrogens (tertiary/aromatic N) is 1. The maximum atomic E-state index is 11.7. The van der Waals surface area contributed by atoms with E-state index in [1.165, 1.54) is 0 Å². The van der Waals surface area contributed by atoms with Gasteiger partial charge in [-0.1, -0.05) is 6.07 Å². The molecule has 2 amide bonds. The van der Waals surface area contributed by atoms with E-state index >= 15 is 0 Å². The van der Waals surface area contributed by atoms with Crippen molar-refractivity contribution in [3.8, 4) is 0 Å². The molecule has 0 atom stereocenters. The normalized spacial score (nSPS) is 10.0. The number of nitrogens with one attached hydrogen (secondary N) is 2. The molecule has 5 heteroatoms. The standard InChI is InChI=1S/C14H14IN3O/c1-10-3-2-4-13(17-10)9-16-14(19)18-12-7-5-11(15)6-8-12/h2-8H,9H2,1H3,(H2,16,18,19). The maximum absolute atomic E-state index is 11.7. The second-order valence-electron chi connectivity index (χ2n) is 4.08. The minimum Gasteiger partial charge on any atom is -0.332 e. The second kappa shape index (κ2) is 6.51. The number of anilines is 1. The van der Waals surface area contributed by atoms with Crippen LogP contribution in [0.25, 0.3) is 0 Å². The van der Waals surface area contributed by atoms with Crippen molar-refractivity contribution in [2.24, 2.45) is 0 Å². The lowest BCUT2D eigenvalue weighted by Crippen LogP contribution is -2.28.